The molecule has 0 radical (unpaired) electrons. The summed E-state index contributed by atoms with van der Waals surface area (Å²) in [7, 11) is 1.63. The monoisotopic (exact) mass is 241 g/mol. The average molecular weight is 241 g/mol. The Morgan fingerprint density at radius 1 is 1.17 bits per heavy atom. The van der Waals surface area contributed by atoms with Crippen LogP contribution in [0.25, 0.3) is 22.8 Å². The summed E-state index contributed by atoms with van der Waals surface area (Å²) in [6.45, 7) is 0. The predicted molar refractivity (Wildman–Crippen MR) is 66.2 cm³/mol. The molecule has 4 heteroatoms. The Kier molecular flexibility index (Phi) is 2.61. The average Bonchev–Trinajstić information content (AvgIpc) is 3.09. The van der Waals surface area contributed by atoms with E-state index < -0.39 is 0 Å². The Bertz CT molecular complexity index is 641. The van der Waals surface area contributed by atoms with E-state index in [0.717, 1.165) is 16.9 Å². The largest absolute Gasteiger partial charge is 0.497 e. The number of methoxy groups -OCH3 is 1. The summed E-state index contributed by atoms with van der Waals surface area (Å²) in [6.07, 6.45) is 4.90. The molecule has 4 nitrogen and oxygen atoms in total. The second-order valence-electron chi connectivity index (χ2n) is 3.77. The van der Waals surface area contributed by atoms with Crippen molar-refractivity contribution in [3.63, 3.8) is 0 Å². The molecule has 0 bridgehead atoms. The molecule has 3 rings (SSSR count). The molecular formula is C14H11NO3. The molecule has 0 unspecified atom stereocenters. The van der Waals surface area contributed by atoms with Crippen LogP contribution in [0, 0.1) is 0 Å². The minimum absolute atomic E-state index is 0.560. The van der Waals surface area contributed by atoms with E-state index in [1.165, 1.54) is 0 Å². The van der Waals surface area contributed by atoms with Crippen molar-refractivity contribution >= 4 is 0 Å². The minimum atomic E-state index is 0.560. The molecule has 3 aromatic rings. The molecule has 0 atom stereocenters. The molecule has 2 aromatic heterocycles. The van der Waals surface area contributed by atoms with Crippen LogP contribution < -0.4 is 4.74 Å². The molecule has 0 saturated carbocycles. The van der Waals surface area contributed by atoms with Crippen molar-refractivity contribution in [2.45, 2.75) is 0 Å². The summed E-state index contributed by atoms with van der Waals surface area (Å²) in [4.78, 5) is 4.25. The summed E-state index contributed by atoms with van der Waals surface area (Å²) < 4.78 is 15.9. The van der Waals surface area contributed by atoms with E-state index in [4.69, 9.17) is 13.6 Å². The third kappa shape index (κ3) is 1.88. The number of benzene rings is 1. The zero-order valence-corrected chi connectivity index (χ0v) is 9.79. The van der Waals surface area contributed by atoms with Crippen LogP contribution >= 0.6 is 0 Å². The second kappa shape index (κ2) is 4.41. The van der Waals surface area contributed by atoms with Gasteiger partial charge in [0.2, 0.25) is 5.89 Å². The molecule has 2 heterocycles. The van der Waals surface area contributed by atoms with E-state index >= 15 is 0 Å². The van der Waals surface area contributed by atoms with Gasteiger partial charge in [-0.3, -0.25) is 0 Å². The standard InChI is InChI=1S/C14H11NO3/c1-16-12-4-2-3-10(7-12)14-15-8-13(18-14)11-5-6-17-9-11/h2-9H,1H3. The first kappa shape index (κ1) is 10.7. The van der Waals surface area contributed by atoms with Gasteiger partial charge in [0.05, 0.1) is 25.1 Å². The topological polar surface area (TPSA) is 48.4 Å². The number of nitrogens with zero attached hydrogens (tertiary/aromatic N) is 1. The van der Waals surface area contributed by atoms with Crippen LogP contribution in [0.1, 0.15) is 0 Å². The van der Waals surface area contributed by atoms with Crippen LogP contribution in [-0.4, -0.2) is 12.1 Å². The second-order valence-corrected chi connectivity index (χ2v) is 3.77. The fourth-order valence-corrected chi connectivity index (χ4v) is 1.70. The number of hydrogen-bond donors (Lipinski definition) is 0. The molecule has 0 spiro atoms. The summed E-state index contributed by atoms with van der Waals surface area (Å²) in [5.74, 6) is 2.02. The highest BCUT2D eigenvalue weighted by atomic mass is 16.5. The molecular weight excluding hydrogens is 230 g/mol. The van der Waals surface area contributed by atoms with Gasteiger partial charge in [-0.25, -0.2) is 4.98 Å². The van der Waals surface area contributed by atoms with Gasteiger partial charge in [0, 0.05) is 5.56 Å². The summed E-state index contributed by atoms with van der Waals surface area (Å²) in [5.41, 5.74) is 1.75. The lowest BCUT2D eigenvalue weighted by Crippen LogP contribution is -1.83. The van der Waals surface area contributed by atoms with Gasteiger partial charge in [-0.05, 0) is 24.3 Å². The molecule has 0 aliphatic rings. The van der Waals surface area contributed by atoms with Crippen molar-refractivity contribution in [3.8, 4) is 28.5 Å². The Labute approximate surface area is 104 Å². The Morgan fingerprint density at radius 3 is 2.89 bits per heavy atom. The third-order valence-electron chi connectivity index (χ3n) is 2.63. The van der Waals surface area contributed by atoms with Crippen molar-refractivity contribution in [3.05, 3.63) is 49.1 Å². The molecule has 1 aromatic carbocycles. The summed E-state index contributed by atoms with van der Waals surface area (Å²) >= 11 is 0. The normalized spacial score (nSPS) is 10.5. The van der Waals surface area contributed by atoms with Gasteiger partial charge < -0.3 is 13.6 Å². The van der Waals surface area contributed by atoms with E-state index in [0.29, 0.717) is 11.7 Å². The first-order valence-electron chi connectivity index (χ1n) is 5.49. The quantitative estimate of drug-likeness (QED) is 0.702. The lowest BCUT2D eigenvalue weighted by molar-refractivity contribution is 0.415. The highest BCUT2D eigenvalue weighted by molar-refractivity contribution is 5.61. The van der Waals surface area contributed by atoms with Gasteiger partial charge in [0.15, 0.2) is 5.76 Å². The van der Waals surface area contributed by atoms with Gasteiger partial charge in [-0.15, -0.1) is 0 Å². The van der Waals surface area contributed by atoms with Crippen LogP contribution in [0.4, 0.5) is 0 Å². The zero-order chi connectivity index (χ0) is 12.4. The SMILES string of the molecule is COc1cccc(-c2ncc(-c3ccoc3)o2)c1. The molecule has 0 aliphatic heterocycles. The smallest absolute Gasteiger partial charge is 0.226 e. The van der Waals surface area contributed by atoms with Gasteiger partial charge in [-0.2, -0.15) is 0 Å². The zero-order valence-electron chi connectivity index (χ0n) is 9.79. The molecule has 90 valence electrons. The van der Waals surface area contributed by atoms with Crippen molar-refractivity contribution in [1.29, 1.82) is 0 Å². The maximum Gasteiger partial charge on any atom is 0.226 e. The molecule has 0 saturated heterocycles. The van der Waals surface area contributed by atoms with Crippen molar-refractivity contribution in [2.75, 3.05) is 7.11 Å². The van der Waals surface area contributed by atoms with Crippen LogP contribution in [0.5, 0.6) is 5.75 Å². The van der Waals surface area contributed by atoms with E-state index in [1.54, 1.807) is 25.8 Å². The van der Waals surface area contributed by atoms with E-state index in [2.05, 4.69) is 4.98 Å². The Balaban J connectivity index is 1.97. The summed E-state index contributed by atoms with van der Waals surface area (Å²) in [6, 6.07) is 9.41. The minimum Gasteiger partial charge on any atom is -0.497 e. The highest BCUT2D eigenvalue weighted by Gasteiger charge is 2.09. The maximum atomic E-state index is 5.69. The third-order valence-corrected chi connectivity index (χ3v) is 2.63. The van der Waals surface area contributed by atoms with E-state index in [9.17, 15) is 0 Å². The van der Waals surface area contributed by atoms with Gasteiger partial charge in [0.1, 0.15) is 12.0 Å². The van der Waals surface area contributed by atoms with Crippen molar-refractivity contribution < 1.29 is 13.6 Å². The molecule has 0 fully saturated rings. The van der Waals surface area contributed by atoms with Crippen molar-refractivity contribution in [1.82, 2.24) is 4.98 Å². The number of aromatic nitrogens is 1. The van der Waals surface area contributed by atoms with Crippen LogP contribution in [0.2, 0.25) is 0 Å². The predicted octanol–water partition coefficient (Wildman–Crippen LogP) is 3.61. The molecule has 18 heavy (non-hydrogen) atoms. The number of ether oxygens (including phenoxy) is 1. The summed E-state index contributed by atoms with van der Waals surface area (Å²) in [5, 5.41) is 0. The molecule has 0 aliphatic carbocycles. The molecule has 0 N–H and O–H groups in total. The first-order valence-corrected chi connectivity index (χ1v) is 5.49. The van der Waals surface area contributed by atoms with Gasteiger partial charge in [-0.1, -0.05) is 6.07 Å². The molecule has 0 amide bonds. The Morgan fingerprint density at radius 2 is 2.11 bits per heavy atom. The van der Waals surface area contributed by atoms with Gasteiger partial charge in [0.25, 0.3) is 0 Å². The van der Waals surface area contributed by atoms with Crippen LogP contribution in [-0.2, 0) is 0 Å². The number of hydrogen-bond acceptors (Lipinski definition) is 4. The first-order chi connectivity index (χ1) is 8.86. The fraction of sp³-hybridized carbons (Fsp3) is 0.0714. The van der Waals surface area contributed by atoms with Crippen molar-refractivity contribution in [2.24, 2.45) is 0 Å². The van der Waals surface area contributed by atoms with E-state index in [-0.39, 0.29) is 0 Å². The van der Waals surface area contributed by atoms with Crippen LogP contribution in [0.15, 0.2) is 57.9 Å². The van der Waals surface area contributed by atoms with Crippen LogP contribution in [0.3, 0.4) is 0 Å². The lowest BCUT2D eigenvalue weighted by atomic mass is 10.2. The number of rotatable bonds is 3. The Hall–Kier alpha value is -2.49. The number of oxazole rings is 1. The van der Waals surface area contributed by atoms with Gasteiger partial charge >= 0.3 is 0 Å². The number of furan rings is 1. The lowest BCUT2D eigenvalue weighted by Gasteiger charge is -2.00. The maximum absolute atomic E-state index is 5.69. The fourth-order valence-electron chi connectivity index (χ4n) is 1.70. The van der Waals surface area contributed by atoms with E-state index in [1.807, 2.05) is 30.3 Å². The highest BCUT2D eigenvalue weighted by Crippen LogP contribution is 2.27.